The lowest BCUT2D eigenvalue weighted by Crippen LogP contribution is -2.53. The molecule has 1 aliphatic heterocycles. The van der Waals surface area contributed by atoms with Gasteiger partial charge in [-0.25, -0.2) is 12.8 Å². The fourth-order valence-corrected chi connectivity index (χ4v) is 4.86. The predicted molar refractivity (Wildman–Crippen MR) is 96.1 cm³/mol. The standard InChI is InChI=1S/C18H22FN3O2S/c19-17-7-4-8-18(20)16(17)10-9-14-13-21-11-12-22(14)25(23,24)15-5-2-1-3-6-15/h1-8,14,21H,9-13,20H2/t14-/m0/s1. The number of nitrogens with zero attached hydrogens (tertiary/aromatic N) is 1. The van der Waals surface area contributed by atoms with Gasteiger partial charge in [-0.3, -0.25) is 0 Å². The fraction of sp³-hybridized carbons (Fsp3) is 0.333. The zero-order valence-electron chi connectivity index (χ0n) is 13.9. The predicted octanol–water partition coefficient (Wildman–Crippen LogP) is 2.00. The van der Waals surface area contributed by atoms with Crippen LogP contribution in [-0.2, 0) is 16.4 Å². The quantitative estimate of drug-likeness (QED) is 0.797. The number of sulfonamides is 1. The zero-order chi connectivity index (χ0) is 17.9. The van der Waals surface area contributed by atoms with E-state index in [1.54, 1.807) is 42.5 Å². The summed E-state index contributed by atoms with van der Waals surface area (Å²) in [7, 11) is -3.57. The summed E-state index contributed by atoms with van der Waals surface area (Å²) in [5, 5.41) is 3.22. The van der Waals surface area contributed by atoms with Crippen LogP contribution in [0.3, 0.4) is 0 Å². The van der Waals surface area contributed by atoms with Crippen LogP contribution >= 0.6 is 0 Å². The van der Waals surface area contributed by atoms with Gasteiger partial charge in [0.05, 0.1) is 4.90 Å². The molecule has 0 amide bonds. The SMILES string of the molecule is Nc1cccc(F)c1CC[C@H]1CNCCN1S(=O)(=O)c1ccccc1. The maximum Gasteiger partial charge on any atom is 0.243 e. The lowest BCUT2D eigenvalue weighted by atomic mass is 10.0. The molecule has 5 nitrogen and oxygen atoms in total. The Balaban J connectivity index is 1.80. The van der Waals surface area contributed by atoms with Crippen molar-refractivity contribution in [1.82, 2.24) is 9.62 Å². The highest BCUT2D eigenvalue weighted by Gasteiger charge is 2.33. The molecule has 2 aromatic carbocycles. The van der Waals surface area contributed by atoms with Gasteiger partial charge in [0.1, 0.15) is 5.82 Å². The van der Waals surface area contributed by atoms with Crippen LogP contribution in [0, 0.1) is 5.82 Å². The summed E-state index contributed by atoms with van der Waals surface area (Å²) in [6, 6.07) is 12.8. The molecule has 1 aliphatic rings. The molecular formula is C18H22FN3O2S. The van der Waals surface area contributed by atoms with Gasteiger partial charge in [0.25, 0.3) is 0 Å². The molecule has 0 unspecified atom stereocenters. The summed E-state index contributed by atoms with van der Waals surface area (Å²) in [6.07, 6.45) is 0.899. The summed E-state index contributed by atoms with van der Waals surface area (Å²) in [6.45, 7) is 1.54. The van der Waals surface area contributed by atoms with E-state index in [0.29, 0.717) is 43.7 Å². The van der Waals surface area contributed by atoms with Crippen molar-refractivity contribution in [3.63, 3.8) is 0 Å². The van der Waals surface area contributed by atoms with E-state index < -0.39 is 10.0 Å². The van der Waals surface area contributed by atoms with Crippen molar-refractivity contribution in [1.29, 1.82) is 0 Å². The zero-order valence-corrected chi connectivity index (χ0v) is 14.7. The van der Waals surface area contributed by atoms with Gasteiger partial charge in [0, 0.05) is 36.9 Å². The van der Waals surface area contributed by atoms with Gasteiger partial charge >= 0.3 is 0 Å². The second-order valence-corrected chi connectivity index (χ2v) is 8.02. The first-order chi connectivity index (χ1) is 12.0. The van der Waals surface area contributed by atoms with E-state index in [0.717, 1.165) is 0 Å². The largest absolute Gasteiger partial charge is 0.398 e. The molecule has 3 rings (SSSR count). The Kier molecular flexibility index (Phi) is 5.36. The number of nitrogen functional groups attached to an aromatic ring is 1. The van der Waals surface area contributed by atoms with Crippen LogP contribution in [0.15, 0.2) is 53.4 Å². The third-order valence-electron chi connectivity index (χ3n) is 4.53. The highest BCUT2D eigenvalue weighted by atomic mass is 32.2. The van der Waals surface area contributed by atoms with E-state index in [9.17, 15) is 12.8 Å². The summed E-state index contributed by atoms with van der Waals surface area (Å²) in [5.74, 6) is -0.346. The van der Waals surface area contributed by atoms with Gasteiger partial charge in [-0.15, -0.1) is 0 Å². The molecule has 25 heavy (non-hydrogen) atoms. The first-order valence-corrected chi connectivity index (χ1v) is 9.74. The molecule has 0 saturated carbocycles. The van der Waals surface area contributed by atoms with Crippen LogP contribution in [-0.4, -0.2) is 38.4 Å². The first-order valence-electron chi connectivity index (χ1n) is 8.30. The average Bonchev–Trinajstić information content (AvgIpc) is 2.62. The molecular weight excluding hydrogens is 341 g/mol. The van der Waals surface area contributed by atoms with Crippen molar-refractivity contribution >= 4 is 15.7 Å². The van der Waals surface area contributed by atoms with Crippen LogP contribution in [0.5, 0.6) is 0 Å². The van der Waals surface area contributed by atoms with Gasteiger partial charge in [-0.2, -0.15) is 4.31 Å². The Hall–Kier alpha value is -1.96. The monoisotopic (exact) mass is 363 g/mol. The molecule has 0 bridgehead atoms. The summed E-state index contributed by atoms with van der Waals surface area (Å²) < 4.78 is 41.4. The minimum absolute atomic E-state index is 0.238. The number of nitrogens with two attached hydrogens (primary N) is 1. The average molecular weight is 363 g/mol. The summed E-state index contributed by atoms with van der Waals surface area (Å²) >= 11 is 0. The van der Waals surface area contributed by atoms with Gasteiger partial charge in [0.2, 0.25) is 10.0 Å². The summed E-state index contributed by atoms with van der Waals surface area (Å²) in [5.41, 5.74) is 6.71. The smallest absolute Gasteiger partial charge is 0.243 e. The van der Waals surface area contributed by atoms with E-state index in [-0.39, 0.29) is 16.8 Å². The topological polar surface area (TPSA) is 75.4 Å². The number of piperazine rings is 1. The molecule has 1 heterocycles. The van der Waals surface area contributed by atoms with E-state index >= 15 is 0 Å². The number of hydrogen-bond donors (Lipinski definition) is 2. The molecule has 134 valence electrons. The van der Waals surface area contributed by atoms with Crippen molar-refractivity contribution in [3.8, 4) is 0 Å². The third kappa shape index (κ3) is 3.84. The fourth-order valence-electron chi connectivity index (χ4n) is 3.18. The lowest BCUT2D eigenvalue weighted by Gasteiger charge is -2.35. The summed E-state index contributed by atoms with van der Waals surface area (Å²) in [4.78, 5) is 0.285. The van der Waals surface area contributed by atoms with E-state index in [2.05, 4.69) is 5.32 Å². The molecule has 1 atom stereocenters. The van der Waals surface area contributed by atoms with Gasteiger partial charge < -0.3 is 11.1 Å². The van der Waals surface area contributed by atoms with Crippen molar-refractivity contribution in [2.24, 2.45) is 0 Å². The highest BCUT2D eigenvalue weighted by Crippen LogP contribution is 2.24. The molecule has 1 fully saturated rings. The number of anilines is 1. The van der Waals surface area contributed by atoms with Crippen molar-refractivity contribution in [2.75, 3.05) is 25.4 Å². The van der Waals surface area contributed by atoms with Crippen LogP contribution in [0.2, 0.25) is 0 Å². The van der Waals surface area contributed by atoms with E-state index in [4.69, 9.17) is 5.73 Å². The van der Waals surface area contributed by atoms with Gasteiger partial charge in [-0.05, 0) is 37.1 Å². The molecule has 0 aromatic heterocycles. The van der Waals surface area contributed by atoms with Crippen molar-refractivity contribution in [3.05, 3.63) is 59.9 Å². The van der Waals surface area contributed by atoms with Gasteiger partial charge in [0.15, 0.2) is 0 Å². The van der Waals surface area contributed by atoms with Gasteiger partial charge in [-0.1, -0.05) is 24.3 Å². The van der Waals surface area contributed by atoms with E-state index in [1.165, 1.54) is 10.4 Å². The number of nitrogens with one attached hydrogen (secondary N) is 1. The number of hydrogen-bond acceptors (Lipinski definition) is 4. The van der Waals surface area contributed by atoms with E-state index in [1.807, 2.05) is 0 Å². The van der Waals surface area contributed by atoms with Crippen molar-refractivity contribution in [2.45, 2.75) is 23.8 Å². The Morgan fingerprint density at radius 2 is 1.92 bits per heavy atom. The number of benzene rings is 2. The molecule has 2 aromatic rings. The molecule has 0 aliphatic carbocycles. The second kappa shape index (κ2) is 7.51. The molecule has 7 heteroatoms. The Labute approximate surface area is 147 Å². The van der Waals surface area contributed by atoms with Crippen molar-refractivity contribution < 1.29 is 12.8 Å². The molecule has 3 N–H and O–H groups in total. The normalized spacial score (nSPS) is 19.0. The van der Waals surface area contributed by atoms with Crippen LogP contribution in [0.4, 0.5) is 10.1 Å². The highest BCUT2D eigenvalue weighted by molar-refractivity contribution is 7.89. The minimum Gasteiger partial charge on any atom is -0.398 e. The van der Waals surface area contributed by atoms with Crippen LogP contribution < -0.4 is 11.1 Å². The maximum absolute atomic E-state index is 14.0. The molecule has 0 radical (unpaired) electrons. The Morgan fingerprint density at radius 3 is 2.64 bits per heavy atom. The molecule has 1 saturated heterocycles. The number of rotatable bonds is 5. The van der Waals surface area contributed by atoms with Crippen LogP contribution in [0.1, 0.15) is 12.0 Å². The maximum atomic E-state index is 14.0. The van der Waals surface area contributed by atoms with Crippen LogP contribution in [0.25, 0.3) is 0 Å². The Bertz CT molecular complexity index is 807. The molecule has 0 spiro atoms. The first kappa shape index (κ1) is 17.8. The third-order valence-corrected chi connectivity index (χ3v) is 6.49. The lowest BCUT2D eigenvalue weighted by molar-refractivity contribution is 0.255. The number of halogens is 1. The Morgan fingerprint density at radius 1 is 1.16 bits per heavy atom. The second-order valence-electron chi connectivity index (χ2n) is 6.13. The minimum atomic E-state index is -3.57.